The summed E-state index contributed by atoms with van der Waals surface area (Å²) >= 11 is 0. The molecule has 4 aromatic rings. The third-order valence-electron chi connectivity index (χ3n) is 9.04. The second-order valence-corrected chi connectivity index (χ2v) is 12.7. The van der Waals surface area contributed by atoms with Crippen molar-refractivity contribution in [3.63, 3.8) is 0 Å². The minimum Gasteiger partial charge on any atom is -0.348 e. The number of aromatic nitrogens is 3. The summed E-state index contributed by atoms with van der Waals surface area (Å²) in [6.07, 6.45) is 7.30. The number of nitrogens with one attached hydrogen (secondary N) is 2. The molecule has 1 atom stereocenters. The molecule has 0 saturated heterocycles. The molecule has 4 heterocycles. The van der Waals surface area contributed by atoms with Crippen molar-refractivity contribution in [2.24, 2.45) is 4.99 Å². The van der Waals surface area contributed by atoms with Gasteiger partial charge in [0.25, 0.3) is 11.5 Å². The first-order chi connectivity index (χ1) is 23.2. The summed E-state index contributed by atoms with van der Waals surface area (Å²) in [5, 5.41) is 3.54. The second-order valence-electron chi connectivity index (χ2n) is 12.7. The predicted octanol–water partition coefficient (Wildman–Crippen LogP) is 2.82. The van der Waals surface area contributed by atoms with Crippen LogP contribution < -0.4 is 21.5 Å². The second kappa shape index (κ2) is 12.7. The Balaban J connectivity index is 1.18. The molecule has 48 heavy (non-hydrogen) atoms. The summed E-state index contributed by atoms with van der Waals surface area (Å²) in [5.41, 5.74) is 2.67. The summed E-state index contributed by atoms with van der Waals surface area (Å²) in [7, 11) is 4.00. The number of nitrogens with zero attached hydrogens (tertiary/aromatic N) is 6. The zero-order valence-electron chi connectivity index (χ0n) is 26.6. The summed E-state index contributed by atoms with van der Waals surface area (Å²) in [6.45, 7) is 0.751. The number of quaternary nitrogens is 1. The van der Waals surface area contributed by atoms with E-state index in [4.69, 9.17) is 0 Å². The van der Waals surface area contributed by atoms with Crippen LogP contribution in [0.15, 0.2) is 99.5 Å². The molecule has 7 rings (SSSR count). The van der Waals surface area contributed by atoms with E-state index in [1.54, 1.807) is 12.3 Å². The smallest absolute Gasteiger partial charge is 0.337 e. The fourth-order valence-corrected chi connectivity index (χ4v) is 6.80. The Kier molecular flexibility index (Phi) is 8.31. The van der Waals surface area contributed by atoms with Crippen LogP contribution in [-0.4, -0.2) is 62.7 Å². The fourth-order valence-electron chi connectivity index (χ4n) is 6.80. The third-order valence-corrected chi connectivity index (χ3v) is 9.04. The summed E-state index contributed by atoms with van der Waals surface area (Å²) in [6, 6.07) is 16.0. The molecule has 1 fully saturated rings. The molecule has 13 heteroatoms. The highest BCUT2D eigenvalue weighted by atomic mass is 19.2. The number of carbonyl (C=O) groups excluding carboxylic acids is 1. The topological polar surface area (TPSA) is 109 Å². The molecular formula is C35H35F2N8O3+. The molecule has 2 aliphatic heterocycles. The van der Waals surface area contributed by atoms with E-state index >= 15 is 0 Å². The van der Waals surface area contributed by atoms with Crippen molar-refractivity contribution < 1.29 is 18.6 Å². The van der Waals surface area contributed by atoms with Crippen LogP contribution >= 0.6 is 0 Å². The van der Waals surface area contributed by atoms with Gasteiger partial charge in [-0.15, -0.1) is 0 Å². The van der Waals surface area contributed by atoms with Crippen molar-refractivity contribution in [2.75, 3.05) is 20.8 Å². The lowest BCUT2D eigenvalue weighted by Crippen LogP contribution is -3.11. The quantitative estimate of drug-likeness (QED) is 0.297. The van der Waals surface area contributed by atoms with Gasteiger partial charge in [-0.2, -0.15) is 10.1 Å². The highest BCUT2D eigenvalue weighted by Gasteiger charge is 2.32. The maximum Gasteiger partial charge on any atom is 0.337 e. The van der Waals surface area contributed by atoms with Gasteiger partial charge in [-0.1, -0.05) is 40.9 Å². The van der Waals surface area contributed by atoms with Gasteiger partial charge in [0.1, 0.15) is 12.0 Å². The van der Waals surface area contributed by atoms with Crippen LogP contribution in [0.4, 0.5) is 8.87 Å². The lowest BCUT2D eigenvalue weighted by atomic mass is 9.90. The van der Waals surface area contributed by atoms with Crippen LogP contribution in [0.25, 0.3) is 27.8 Å². The van der Waals surface area contributed by atoms with E-state index in [2.05, 4.69) is 26.3 Å². The van der Waals surface area contributed by atoms with Crippen molar-refractivity contribution in [2.45, 2.75) is 44.3 Å². The molecule has 0 bridgehead atoms. The summed E-state index contributed by atoms with van der Waals surface area (Å²) < 4.78 is 30.7. The molecule has 11 nitrogen and oxygen atoms in total. The highest BCUT2D eigenvalue weighted by Crippen LogP contribution is 2.29. The van der Waals surface area contributed by atoms with Crippen LogP contribution in [0, 0.1) is 5.82 Å². The number of halogens is 2. The van der Waals surface area contributed by atoms with Crippen LogP contribution in [0.2, 0.25) is 0 Å². The zero-order valence-corrected chi connectivity index (χ0v) is 26.6. The Bertz CT molecular complexity index is 2130. The molecule has 2 aromatic heterocycles. The Morgan fingerprint density at radius 1 is 1.06 bits per heavy atom. The molecule has 1 aliphatic carbocycles. The number of rotatable bonds is 7. The molecule has 1 unspecified atom stereocenters. The number of fused-ring (bicyclic) bond motifs is 2. The van der Waals surface area contributed by atoms with Crippen LogP contribution in [0.3, 0.4) is 0 Å². The van der Waals surface area contributed by atoms with Crippen LogP contribution in [0.5, 0.6) is 0 Å². The van der Waals surface area contributed by atoms with Gasteiger partial charge in [0, 0.05) is 30.9 Å². The molecule has 2 aromatic carbocycles. The van der Waals surface area contributed by atoms with Gasteiger partial charge in [-0.05, 0) is 74.7 Å². The lowest BCUT2D eigenvalue weighted by Gasteiger charge is -2.30. The van der Waals surface area contributed by atoms with Crippen molar-refractivity contribution in [3.05, 3.63) is 117 Å². The van der Waals surface area contributed by atoms with E-state index in [1.807, 2.05) is 50.5 Å². The van der Waals surface area contributed by atoms with Gasteiger partial charge >= 0.3 is 5.69 Å². The molecule has 0 radical (unpaired) electrons. The standard InChI is InChI=1S/C35H34F2N8O3/c1-41(2)19-23-6-3-4-9-28(23)22-7-5-8-27(16-22)44-32-29(17-24(36)18-38-32)34(47)45(35(44)48)26-12-10-25(11-13-26)39-33(46)30-20-42-21-43(37)15-14-31(42)40-30/h3-9,14-18,20,25-26H,10-13,19,21H2,1-2H3,(H,39,46)/p+1. The fraction of sp³-hybridized carbons (Fsp3) is 0.286. The summed E-state index contributed by atoms with van der Waals surface area (Å²) in [5.74, 6) is -0.462. The molecule has 246 valence electrons. The molecule has 3 aliphatic rings. The van der Waals surface area contributed by atoms with E-state index in [9.17, 15) is 23.3 Å². The number of amidine groups is 1. The maximum absolute atomic E-state index is 14.5. The first-order valence-corrected chi connectivity index (χ1v) is 15.9. The van der Waals surface area contributed by atoms with Gasteiger partial charge < -0.3 is 10.2 Å². The largest absolute Gasteiger partial charge is 0.348 e. The molecule has 2 N–H and O–H groups in total. The van der Waals surface area contributed by atoms with E-state index in [-0.39, 0.29) is 35.3 Å². The highest BCUT2D eigenvalue weighted by molar-refractivity contribution is 5.99. The average Bonchev–Trinajstić information content (AvgIpc) is 3.50. The van der Waals surface area contributed by atoms with Gasteiger partial charge in [-0.25, -0.2) is 23.6 Å². The Morgan fingerprint density at radius 2 is 1.85 bits per heavy atom. The first-order valence-electron chi connectivity index (χ1n) is 15.9. The lowest BCUT2D eigenvalue weighted by molar-refractivity contribution is -0.763. The molecular weight excluding hydrogens is 618 g/mol. The Labute approximate surface area is 274 Å². The van der Waals surface area contributed by atoms with E-state index in [0.717, 1.165) is 35.5 Å². The zero-order chi connectivity index (χ0) is 33.5. The number of hydrogen-bond acceptors (Lipinski definition) is 7. The van der Waals surface area contributed by atoms with Crippen molar-refractivity contribution >= 4 is 22.8 Å². The van der Waals surface area contributed by atoms with Crippen molar-refractivity contribution in [1.82, 2.24) is 29.5 Å². The number of benzene rings is 2. The van der Waals surface area contributed by atoms with Gasteiger partial charge in [-0.3, -0.25) is 14.2 Å². The van der Waals surface area contributed by atoms with Gasteiger partial charge in [0.05, 0.1) is 17.3 Å². The van der Waals surface area contributed by atoms with Crippen molar-refractivity contribution in [3.8, 4) is 16.8 Å². The number of pyridine rings is 1. The van der Waals surface area contributed by atoms with E-state index in [0.29, 0.717) is 47.2 Å². The summed E-state index contributed by atoms with van der Waals surface area (Å²) in [4.78, 5) is 52.4. The maximum atomic E-state index is 14.5. The van der Waals surface area contributed by atoms with Crippen molar-refractivity contribution in [1.29, 1.82) is 0 Å². The number of carbonyl (C=O) groups is 1. The van der Waals surface area contributed by atoms with E-state index in [1.165, 1.54) is 21.4 Å². The van der Waals surface area contributed by atoms with Crippen LogP contribution in [-0.2, 0) is 11.3 Å². The molecule has 1 amide bonds. The first kappa shape index (κ1) is 31.3. The minimum atomic E-state index is -0.674. The minimum absolute atomic E-state index is 0.00980. The number of hydrogen-bond donors (Lipinski definition) is 2. The van der Waals surface area contributed by atoms with Gasteiger partial charge in [0.2, 0.25) is 5.84 Å². The number of aliphatic imine (C=N–C) groups is 1. The van der Waals surface area contributed by atoms with Crippen LogP contribution in [0.1, 0.15) is 37.3 Å². The Hall–Kier alpha value is -5.27. The average molecular weight is 654 g/mol. The molecule has 1 saturated carbocycles. The normalized spacial score (nSPS) is 20.5. The third kappa shape index (κ3) is 5.98. The number of amides is 1. The monoisotopic (exact) mass is 653 g/mol. The Morgan fingerprint density at radius 3 is 2.65 bits per heavy atom. The molecule has 0 spiro atoms. The van der Waals surface area contributed by atoms with E-state index < -0.39 is 23.1 Å². The SMILES string of the molecule is CN(C)Cc1ccccc1-c1cccc(-n2c(=O)n(C3CCC(NC(=O)C4=C[NH+]5CN(F)C=CC5=N4)CC3)c(=O)c3cc(F)cnc32)c1. The van der Waals surface area contributed by atoms with Gasteiger partial charge in [0.15, 0.2) is 18.0 Å². The predicted molar refractivity (Wildman–Crippen MR) is 177 cm³/mol.